The van der Waals surface area contributed by atoms with E-state index in [1.54, 1.807) is 0 Å². The molecule has 2 N–H and O–H groups in total. The number of aliphatic hydroxyl groups is 1. The van der Waals surface area contributed by atoms with E-state index < -0.39 is 0 Å². The van der Waals surface area contributed by atoms with Crippen molar-refractivity contribution in [2.24, 2.45) is 0 Å². The van der Waals surface area contributed by atoms with E-state index in [2.05, 4.69) is 7.11 Å². The Morgan fingerprint density at radius 3 is 1.25 bits per heavy atom. The third kappa shape index (κ3) is 27.1. The largest absolute Gasteiger partial charge is 2.00 e. The van der Waals surface area contributed by atoms with Crippen LogP contribution in [-0.4, -0.2) is 10.6 Å². The van der Waals surface area contributed by atoms with Gasteiger partial charge in [-0.05, 0) is 0 Å². The molecule has 0 atom stereocenters. The molecular formula is CH4CoO2. The Kier molecular flexibility index (Phi) is 708. The molecule has 4 heavy (non-hydrogen) atoms. The monoisotopic (exact) mass is 107 g/mol. The predicted octanol–water partition coefficient (Wildman–Crippen LogP) is -0.0288. The van der Waals surface area contributed by atoms with Crippen LogP contribution in [0.1, 0.15) is 0 Å². The summed E-state index contributed by atoms with van der Waals surface area (Å²) in [5, 5.41) is 6.75. The van der Waals surface area contributed by atoms with Gasteiger partial charge >= 0.3 is 16.8 Å². The molecule has 0 aromatic carbocycles. The zero-order chi connectivity index (χ0) is 2.00. The van der Waals surface area contributed by atoms with Crippen molar-refractivity contribution in [2.75, 3.05) is 0 Å². The van der Waals surface area contributed by atoms with Crippen molar-refractivity contribution in [1.29, 1.82) is 0 Å². The molecule has 0 aliphatic carbocycles. The van der Waals surface area contributed by atoms with E-state index in [9.17, 15) is 0 Å². The summed E-state index contributed by atoms with van der Waals surface area (Å²) in [7, 11) is 2.25. The SMILES string of the molecule is [CH2-]O.[Co+2].[OH-]. The Labute approximate surface area is 35.3 Å². The first-order valence-electron chi connectivity index (χ1n) is 0.316. The molecule has 3 heteroatoms. The van der Waals surface area contributed by atoms with E-state index in [1.807, 2.05) is 0 Å². The Bertz CT molecular complexity index is 6.00. The van der Waals surface area contributed by atoms with Crippen LogP contribution in [0.4, 0.5) is 0 Å². The molecule has 0 bridgehead atoms. The summed E-state index contributed by atoms with van der Waals surface area (Å²) in [6.07, 6.45) is 0. The van der Waals surface area contributed by atoms with Crippen LogP contribution in [0.3, 0.4) is 0 Å². The molecule has 0 aliphatic heterocycles. The minimum Gasteiger partial charge on any atom is -0.870 e. The summed E-state index contributed by atoms with van der Waals surface area (Å²) in [6.45, 7) is 0. The molecule has 0 saturated heterocycles. The van der Waals surface area contributed by atoms with E-state index in [4.69, 9.17) is 5.11 Å². The number of hydrogen-bond acceptors (Lipinski definition) is 2. The van der Waals surface area contributed by atoms with Crippen molar-refractivity contribution in [3.8, 4) is 0 Å². The van der Waals surface area contributed by atoms with Crippen molar-refractivity contribution >= 4 is 0 Å². The fraction of sp³-hybridized carbons (Fsp3) is 0. The van der Waals surface area contributed by atoms with E-state index >= 15 is 0 Å². The summed E-state index contributed by atoms with van der Waals surface area (Å²) in [5.74, 6) is 0. The van der Waals surface area contributed by atoms with Crippen LogP contribution in [0.5, 0.6) is 0 Å². The van der Waals surface area contributed by atoms with Crippen molar-refractivity contribution in [2.45, 2.75) is 0 Å². The Morgan fingerprint density at radius 2 is 1.25 bits per heavy atom. The smallest absolute Gasteiger partial charge is 0.870 e. The Balaban J connectivity index is -0.00000000500. The first-order valence-corrected chi connectivity index (χ1v) is 0.316. The van der Waals surface area contributed by atoms with Gasteiger partial charge in [-0.1, -0.05) is 0 Å². The van der Waals surface area contributed by atoms with Gasteiger partial charge in [0, 0.05) is 0 Å². The van der Waals surface area contributed by atoms with Crippen LogP contribution in [0.25, 0.3) is 0 Å². The summed E-state index contributed by atoms with van der Waals surface area (Å²) < 4.78 is 0. The number of rotatable bonds is 0. The molecule has 0 spiro atoms. The van der Waals surface area contributed by atoms with Gasteiger partial charge in [0.05, 0.1) is 0 Å². The minimum absolute atomic E-state index is 0. The molecule has 0 saturated carbocycles. The summed E-state index contributed by atoms with van der Waals surface area (Å²) in [5.41, 5.74) is 0. The minimum atomic E-state index is 0. The predicted molar refractivity (Wildman–Crippen MR) is 9.23 cm³/mol. The van der Waals surface area contributed by atoms with Crippen LogP contribution in [0.15, 0.2) is 0 Å². The molecule has 0 fully saturated rings. The number of aliphatic hydroxyl groups excluding tert-OH is 1. The van der Waals surface area contributed by atoms with Gasteiger partial charge in [-0.3, -0.25) is 0 Å². The molecule has 0 heterocycles. The topological polar surface area (TPSA) is 50.2 Å². The first kappa shape index (κ1) is 25.5. The standard InChI is InChI=1S/CH3O.Co.H2O/c1-2;;/h2H,1H2;;1H2/q-1;+2;/p-1. The van der Waals surface area contributed by atoms with Gasteiger partial charge < -0.3 is 10.6 Å². The van der Waals surface area contributed by atoms with Crippen molar-refractivity contribution < 1.29 is 27.4 Å². The van der Waals surface area contributed by atoms with Gasteiger partial charge in [-0.2, -0.15) is 0 Å². The second-order valence-corrected chi connectivity index (χ2v) is 0. The van der Waals surface area contributed by atoms with Crippen molar-refractivity contribution in [1.82, 2.24) is 0 Å². The van der Waals surface area contributed by atoms with E-state index in [1.165, 1.54) is 0 Å². The average molecular weight is 107 g/mol. The van der Waals surface area contributed by atoms with Crippen LogP contribution in [0.2, 0.25) is 0 Å². The number of hydrogen-bond donors (Lipinski definition) is 1. The maximum absolute atomic E-state index is 6.75. The van der Waals surface area contributed by atoms with Gasteiger partial charge in [0.25, 0.3) is 0 Å². The average Bonchev–Trinajstić information content (AvgIpc) is 1.00. The molecule has 0 aromatic rings. The molecule has 29 valence electrons. The molecule has 0 unspecified atom stereocenters. The van der Waals surface area contributed by atoms with Crippen LogP contribution >= 0.6 is 0 Å². The maximum Gasteiger partial charge on any atom is 2.00 e. The summed E-state index contributed by atoms with van der Waals surface area (Å²) in [6, 6.07) is 0. The zero-order valence-electron chi connectivity index (χ0n) is 1.93. The molecule has 2 nitrogen and oxygen atoms in total. The van der Waals surface area contributed by atoms with Gasteiger partial charge in [0.1, 0.15) is 0 Å². The fourth-order valence-electron chi connectivity index (χ4n) is 0. The molecule has 1 radical (unpaired) electrons. The zero-order valence-corrected chi connectivity index (χ0v) is 2.98. The Hall–Kier alpha value is 0.426. The quantitative estimate of drug-likeness (QED) is 0.442. The Morgan fingerprint density at radius 1 is 1.25 bits per heavy atom. The van der Waals surface area contributed by atoms with E-state index in [0.29, 0.717) is 0 Å². The van der Waals surface area contributed by atoms with E-state index in [-0.39, 0.29) is 22.3 Å². The second-order valence-electron chi connectivity index (χ2n) is 0. The molecule has 0 amide bonds. The summed E-state index contributed by atoms with van der Waals surface area (Å²) in [4.78, 5) is 0. The van der Waals surface area contributed by atoms with Gasteiger partial charge in [-0.15, -0.1) is 0 Å². The van der Waals surface area contributed by atoms with Gasteiger partial charge in [-0.25, -0.2) is 7.11 Å². The first-order chi connectivity index (χ1) is 1.00. The van der Waals surface area contributed by atoms with Crippen LogP contribution < -0.4 is 0 Å². The van der Waals surface area contributed by atoms with Crippen molar-refractivity contribution in [3.63, 3.8) is 0 Å². The molecule has 0 aliphatic rings. The summed E-state index contributed by atoms with van der Waals surface area (Å²) >= 11 is 0. The van der Waals surface area contributed by atoms with Gasteiger partial charge in [0.2, 0.25) is 0 Å². The van der Waals surface area contributed by atoms with Gasteiger partial charge in [0.15, 0.2) is 0 Å². The second kappa shape index (κ2) is 111. The maximum atomic E-state index is 6.75. The normalized spacial score (nSPS) is 1.50. The van der Waals surface area contributed by atoms with Crippen LogP contribution in [-0.2, 0) is 16.8 Å². The van der Waals surface area contributed by atoms with E-state index in [0.717, 1.165) is 0 Å². The third-order valence-electron chi connectivity index (χ3n) is 0. The molecular weight excluding hydrogens is 103 g/mol. The van der Waals surface area contributed by atoms with Crippen molar-refractivity contribution in [3.05, 3.63) is 7.11 Å². The molecule has 0 rings (SSSR count). The molecule has 0 aromatic heterocycles. The fourth-order valence-corrected chi connectivity index (χ4v) is 0. The third-order valence-corrected chi connectivity index (χ3v) is 0. The van der Waals surface area contributed by atoms with Crippen LogP contribution in [0, 0.1) is 7.11 Å².